The summed E-state index contributed by atoms with van der Waals surface area (Å²) in [5, 5.41) is 8.02. The molecule has 0 spiro atoms. The third-order valence-corrected chi connectivity index (χ3v) is 13.3. The molecule has 324 valence electrons. The Labute approximate surface area is 363 Å². The van der Waals surface area contributed by atoms with E-state index in [4.69, 9.17) is 15.6 Å². The van der Waals surface area contributed by atoms with Gasteiger partial charge in [-0.1, -0.05) is 18.2 Å². The van der Waals surface area contributed by atoms with Crippen molar-refractivity contribution in [1.82, 2.24) is 44.7 Å². The van der Waals surface area contributed by atoms with Gasteiger partial charge in [-0.2, -0.15) is 5.10 Å². The first-order valence-corrected chi connectivity index (χ1v) is 21.9. The Hall–Kier alpha value is -6.88. The van der Waals surface area contributed by atoms with E-state index in [-0.39, 0.29) is 30.5 Å². The fraction of sp³-hybridized carbons (Fsp3) is 0.391. The first-order chi connectivity index (χ1) is 30.7. The van der Waals surface area contributed by atoms with Crippen LogP contribution >= 0.6 is 0 Å². The van der Waals surface area contributed by atoms with Crippen molar-refractivity contribution >= 4 is 52.2 Å². The zero-order valence-corrected chi connectivity index (χ0v) is 34.9. The van der Waals surface area contributed by atoms with Crippen molar-refractivity contribution in [3.05, 3.63) is 90.3 Å². The Morgan fingerprint density at radius 3 is 2.14 bits per heavy atom. The topological polar surface area (TPSA) is 192 Å². The molecule has 4 saturated heterocycles. The Morgan fingerprint density at radius 2 is 1.43 bits per heavy atom. The van der Waals surface area contributed by atoms with Gasteiger partial charge in [0.2, 0.25) is 11.8 Å². The summed E-state index contributed by atoms with van der Waals surface area (Å²) in [5.41, 5.74) is 10.2. The van der Waals surface area contributed by atoms with Crippen LogP contribution in [0.1, 0.15) is 65.3 Å². The number of likely N-dealkylation sites (tertiary alicyclic amines) is 2. The Kier molecular flexibility index (Phi) is 10.7. The number of nitrogen functional groups attached to an aromatic ring is 1. The van der Waals surface area contributed by atoms with Crippen LogP contribution in [0.25, 0.3) is 22.3 Å². The molecule has 5 aromatic rings. The Morgan fingerprint density at radius 1 is 0.746 bits per heavy atom. The monoisotopic (exact) mass is 851 g/mol. The minimum absolute atomic E-state index is 0.0521. The van der Waals surface area contributed by atoms with Gasteiger partial charge in [-0.3, -0.25) is 34.3 Å². The number of rotatable bonds is 8. The number of nitrogens with one attached hydrogen (secondary N) is 1. The van der Waals surface area contributed by atoms with Gasteiger partial charge in [0, 0.05) is 76.6 Å². The third kappa shape index (κ3) is 7.81. The molecule has 0 radical (unpaired) electrons. The highest BCUT2D eigenvalue weighted by atomic mass is 16.5. The van der Waals surface area contributed by atoms with E-state index >= 15 is 0 Å². The molecule has 63 heavy (non-hydrogen) atoms. The number of carbonyl (C=O) groups is 5. The summed E-state index contributed by atoms with van der Waals surface area (Å²) in [7, 11) is 0. The number of piperazine rings is 1. The smallest absolute Gasteiger partial charge is 0.320 e. The van der Waals surface area contributed by atoms with E-state index in [2.05, 4.69) is 25.1 Å². The third-order valence-electron chi connectivity index (χ3n) is 13.3. The molecule has 2 aromatic heterocycles. The zero-order chi connectivity index (χ0) is 43.2. The van der Waals surface area contributed by atoms with Gasteiger partial charge in [0.1, 0.15) is 35.4 Å². The Bertz CT molecular complexity index is 2580. The average molecular weight is 852 g/mol. The summed E-state index contributed by atoms with van der Waals surface area (Å²) in [6, 6.07) is 21.9. The van der Waals surface area contributed by atoms with Crippen molar-refractivity contribution in [2.75, 3.05) is 69.5 Å². The molecule has 10 rings (SSSR count). The fourth-order valence-corrected chi connectivity index (χ4v) is 9.78. The minimum atomic E-state index is -0.982. The number of nitrogens with two attached hydrogens (primary N) is 1. The van der Waals surface area contributed by atoms with E-state index in [1.54, 1.807) is 12.1 Å². The van der Waals surface area contributed by atoms with Crippen LogP contribution in [0.3, 0.4) is 0 Å². The van der Waals surface area contributed by atoms with Gasteiger partial charge in [-0.25, -0.2) is 19.4 Å². The Balaban J connectivity index is 0.697. The van der Waals surface area contributed by atoms with Gasteiger partial charge < -0.3 is 25.2 Å². The first-order valence-electron chi connectivity index (χ1n) is 21.9. The number of urea groups is 1. The molecule has 3 aromatic carbocycles. The lowest BCUT2D eigenvalue weighted by molar-refractivity contribution is -0.136. The predicted octanol–water partition coefficient (Wildman–Crippen LogP) is 4.56. The van der Waals surface area contributed by atoms with Gasteiger partial charge in [-0.15, -0.1) is 0 Å². The van der Waals surface area contributed by atoms with Gasteiger partial charge >= 0.3 is 6.03 Å². The number of para-hydroxylation sites is 1. The van der Waals surface area contributed by atoms with Crippen LogP contribution < -0.4 is 20.7 Å². The maximum atomic E-state index is 13.8. The van der Waals surface area contributed by atoms with Crippen molar-refractivity contribution in [2.24, 2.45) is 5.92 Å². The summed E-state index contributed by atoms with van der Waals surface area (Å²) in [4.78, 5) is 83.0. The highest BCUT2D eigenvalue weighted by Gasteiger charge is 2.45. The summed E-state index contributed by atoms with van der Waals surface area (Å²) >= 11 is 0. The molecule has 1 atom stereocenters. The van der Waals surface area contributed by atoms with Crippen molar-refractivity contribution in [2.45, 2.75) is 50.6 Å². The summed E-state index contributed by atoms with van der Waals surface area (Å²) in [5.74, 6) is 0.349. The lowest BCUT2D eigenvalue weighted by atomic mass is 9.96. The molecule has 0 aliphatic carbocycles. The molecule has 5 aliphatic heterocycles. The van der Waals surface area contributed by atoms with Crippen molar-refractivity contribution in [1.29, 1.82) is 0 Å². The van der Waals surface area contributed by atoms with Gasteiger partial charge in [0.15, 0.2) is 5.65 Å². The normalized spacial score (nSPS) is 20.4. The number of carbonyl (C=O) groups excluding carboxylic acids is 5. The number of hydrogen-bond donors (Lipinski definition) is 2. The first kappa shape index (κ1) is 40.2. The average Bonchev–Trinajstić information content (AvgIpc) is 3.82. The molecule has 0 bridgehead atoms. The highest BCUT2D eigenvalue weighted by molar-refractivity contribution is 6.23. The molecular formula is C46H49N11O6. The molecule has 4 fully saturated rings. The number of imide groups is 2. The number of amides is 6. The number of aromatic nitrogens is 4. The quantitative estimate of drug-likeness (QED) is 0.207. The number of benzene rings is 3. The molecular weight excluding hydrogens is 803 g/mol. The number of ether oxygens (including phenoxy) is 1. The lowest BCUT2D eigenvalue weighted by Crippen LogP contribution is -2.54. The number of hydrogen-bond acceptors (Lipinski definition) is 12. The van der Waals surface area contributed by atoms with Crippen LogP contribution in [-0.4, -0.2) is 134 Å². The molecule has 17 nitrogen and oxygen atoms in total. The molecule has 1 unspecified atom stereocenters. The maximum Gasteiger partial charge on any atom is 0.320 e. The van der Waals surface area contributed by atoms with Gasteiger partial charge in [-0.05, 0) is 92.6 Å². The zero-order valence-electron chi connectivity index (χ0n) is 34.9. The van der Waals surface area contributed by atoms with E-state index in [0.717, 1.165) is 104 Å². The molecule has 6 amide bonds. The van der Waals surface area contributed by atoms with Crippen LogP contribution in [0.4, 0.5) is 16.3 Å². The van der Waals surface area contributed by atoms with E-state index in [1.807, 2.05) is 75.1 Å². The SMILES string of the molecule is Nc1ncnc2c1c(-c1ccc(Oc3ccccc3)cc1)nn2C1CCN(C(=O)N2CCC(CN3CCN(c4ccc5c(c4)C(=O)N(C4CCC(=O)NC4=O)C5=O)CC3)CC2)CC1. The van der Waals surface area contributed by atoms with E-state index in [0.29, 0.717) is 41.8 Å². The standard InChI is InChI=1S/C46H49N11O6/c47-41-39-40(30-6-9-34(10-7-30)63-33-4-2-1-3-5-33)51-57(42(39)49-28-48-41)31-16-20-55(21-17-31)46(62)54-18-14-29(15-19-54)27-52-22-24-53(25-23-52)32-8-11-35-36(26-32)45(61)56(44(35)60)37-12-13-38(58)50-43(37)59/h1-11,26,28-29,31,37H,12-25,27H2,(H2,47,48,49)(H,50,58,59). The van der Waals surface area contributed by atoms with Crippen molar-refractivity contribution < 1.29 is 28.7 Å². The predicted molar refractivity (Wildman–Crippen MR) is 233 cm³/mol. The molecule has 5 aliphatic rings. The van der Waals surface area contributed by atoms with E-state index in [1.165, 1.54) is 6.33 Å². The molecule has 17 heteroatoms. The summed E-state index contributed by atoms with van der Waals surface area (Å²) < 4.78 is 7.97. The van der Waals surface area contributed by atoms with Gasteiger partial charge in [0.25, 0.3) is 11.8 Å². The largest absolute Gasteiger partial charge is 0.457 e. The van der Waals surface area contributed by atoms with Crippen LogP contribution in [0.2, 0.25) is 0 Å². The number of piperidine rings is 3. The highest BCUT2D eigenvalue weighted by Crippen LogP contribution is 2.36. The van der Waals surface area contributed by atoms with Crippen LogP contribution in [0.15, 0.2) is 79.1 Å². The summed E-state index contributed by atoms with van der Waals surface area (Å²) in [6.45, 7) is 6.98. The van der Waals surface area contributed by atoms with E-state index < -0.39 is 29.7 Å². The summed E-state index contributed by atoms with van der Waals surface area (Å²) in [6.07, 6.45) is 5.10. The van der Waals surface area contributed by atoms with Crippen molar-refractivity contribution in [3.8, 4) is 22.8 Å². The second-order valence-corrected chi connectivity index (χ2v) is 17.1. The lowest BCUT2D eigenvalue weighted by Gasteiger charge is -2.41. The fourth-order valence-electron chi connectivity index (χ4n) is 9.78. The van der Waals surface area contributed by atoms with Crippen molar-refractivity contribution in [3.63, 3.8) is 0 Å². The molecule has 0 saturated carbocycles. The van der Waals surface area contributed by atoms with Crippen LogP contribution in [0.5, 0.6) is 11.5 Å². The second kappa shape index (κ2) is 16.8. The minimum Gasteiger partial charge on any atom is -0.457 e. The molecule has 7 heterocycles. The van der Waals surface area contributed by atoms with Crippen LogP contribution in [0, 0.1) is 5.92 Å². The molecule has 3 N–H and O–H groups in total. The number of fused-ring (bicyclic) bond motifs is 2. The maximum absolute atomic E-state index is 13.8. The number of nitrogens with zero attached hydrogens (tertiary/aromatic N) is 9. The van der Waals surface area contributed by atoms with Crippen LogP contribution in [-0.2, 0) is 9.59 Å². The number of anilines is 2. The second-order valence-electron chi connectivity index (χ2n) is 17.1. The van der Waals surface area contributed by atoms with E-state index in [9.17, 15) is 24.0 Å². The van der Waals surface area contributed by atoms with Gasteiger partial charge in [0.05, 0.1) is 22.6 Å².